The Balaban J connectivity index is 1.81. The van der Waals surface area contributed by atoms with E-state index < -0.39 is 11.6 Å². The second-order valence-electron chi connectivity index (χ2n) is 6.21. The summed E-state index contributed by atoms with van der Waals surface area (Å²) in [6.45, 7) is 4.31. The number of nitrogens with zero attached hydrogens (tertiary/aromatic N) is 2. The van der Waals surface area contributed by atoms with Crippen molar-refractivity contribution in [3.8, 4) is 11.8 Å². The van der Waals surface area contributed by atoms with Gasteiger partial charge in [0.2, 0.25) is 0 Å². The lowest BCUT2D eigenvalue weighted by atomic mass is 9.92. The lowest BCUT2D eigenvalue weighted by Crippen LogP contribution is -2.40. The number of nitrogens with one attached hydrogen (secondary N) is 1. The van der Waals surface area contributed by atoms with E-state index >= 15 is 0 Å². The van der Waals surface area contributed by atoms with Gasteiger partial charge in [-0.15, -0.1) is 0 Å². The third kappa shape index (κ3) is 3.11. The number of nitriles is 1. The molecular formula is C20H19N3O3. The van der Waals surface area contributed by atoms with Gasteiger partial charge in [0.1, 0.15) is 11.3 Å². The predicted molar refractivity (Wildman–Crippen MR) is 95.2 cm³/mol. The van der Waals surface area contributed by atoms with Gasteiger partial charge in [0.05, 0.1) is 24.8 Å². The normalized spacial score (nSPS) is 19.2. The molecule has 3 amide bonds. The maximum Gasteiger partial charge on any atom is 0.325 e. The van der Waals surface area contributed by atoms with Crippen LogP contribution in [0.2, 0.25) is 0 Å². The largest absolute Gasteiger partial charge is 0.494 e. The number of benzene rings is 2. The van der Waals surface area contributed by atoms with Crippen molar-refractivity contribution < 1.29 is 14.3 Å². The van der Waals surface area contributed by atoms with E-state index in [-0.39, 0.29) is 12.5 Å². The van der Waals surface area contributed by atoms with Crippen LogP contribution < -0.4 is 10.1 Å². The molecule has 0 saturated carbocycles. The molecule has 0 bridgehead atoms. The monoisotopic (exact) mass is 349 g/mol. The van der Waals surface area contributed by atoms with Gasteiger partial charge in [0.15, 0.2) is 0 Å². The average molecular weight is 349 g/mol. The van der Waals surface area contributed by atoms with E-state index in [1.807, 2.05) is 13.0 Å². The number of carbonyl (C=O) groups is 2. The van der Waals surface area contributed by atoms with Gasteiger partial charge in [-0.25, -0.2) is 4.79 Å². The minimum atomic E-state index is -1.12. The summed E-state index contributed by atoms with van der Waals surface area (Å²) in [7, 11) is 0. The van der Waals surface area contributed by atoms with Crippen LogP contribution in [0.15, 0.2) is 48.5 Å². The van der Waals surface area contributed by atoms with Crippen LogP contribution in [0.25, 0.3) is 0 Å². The molecule has 1 fully saturated rings. The summed E-state index contributed by atoms with van der Waals surface area (Å²) < 4.78 is 5.42. The first-order chi connectivity index (χ1) is 12.5. The molecule has 1 aliphatic rings. The fourth-order valence-electron chi connectivity index (χ4n) is 2.95. The SMILES string of the molecule is CCOc1ccc([C@]2(C)NC(=O)N(Cc3ccc(C#N)cc3)C2=O)cc1. The molecular weight excluding hydrogens is 330 g/mol. The first kappa shape index (κ1) is 17.5. The quantitative estimate of drug-likeness (QED) is 0.842. The van der Waals surface area contributed by atoms with Gasteiger partial charge in [-0.1, -0.05) is 24.3 Å². The van der Waals surface area contributed by atoms with Gasteiger partial charge in [0, 0.05) is 0 Å². The van der Waals surface area contributed by atoms with Crippen LogP contribution in [-0.2, 0) is 16.9 Å². The van der Waals surface area contributed by atoms with E-state index in [0.29, 0.717) is 23.5 Å². The minimum Gasteiger partial charge on any atom is -0.494 e. The fraction of sp³-hybridized carbons (Fsp3) is 0.250. The van der Waals surface area contributed by atoms with E-state index in [1.54, 1.807) is 55.5 Å². The van der Waals surface area contributed by atoms with Gasteiger partial charge >= 0.3 is 6.03 Å². The van der Waals surface area contributed by atoms with Crippen molar-refractivity contribution in [3.05, 3.63) is 65.2 Å². The molecule has 6 heteroatoms. The molecule has 0 spiro atoms. The molecule has 6 nitrogen and oxygen atoms in total. The average Bonchev–Trinajstić information content (AvgIpc) is 2.87. The first-order valence-corrected chi connectivity index (χ1v) is 8.34. The van der Waals surface area contributed by atoms with Crippen LogP contribution in [0.4, 0.5) is 4.79 Å². The number of ether oxygens (including phenoxy) is 1. The highest BCUT2D eigenvalue weighted by molar-refractivity contribution is 6.07. The Kier molecular flexibility index (Phi) is 4.63. The summed E-state index contributed by atoms with van der Waals surface area (Å²) in [6, 6.07) is 15.6. The molecule has 0 unspecified atom stereocenters. The predicted octanol–water partition coefficient (Wildman–Crippen LogP) is 2.92. The zero-order valence-corrected chi connectivity index (χ0v) is 14.7. The minimum absolute atomic E-state index is 0.156. The molecule has 2 aromatic rings. The standard InChI is InChI=1S/C20H19N3O3/c1-3-26-17-10-8-16(9-11-17)20(2)18(24)23(19(25)22-20)13-15-6-4-14(12-21)5-7-15/h4-11H,3,13H2,1-2H3,(H,22,25)/t20-/m0/s1. The second-order valence-corrected chi connectivity index (χ2v) is 6.21. The lowest BCUT2D eigenvalue weighted by Gasteiger charge is -2.22. The van der Waals surface area contributed by atoms with Crippen molar-refractivity contribution >= 4 is 11.9 Å². The smallest absolute Gasteiger partial charge is 0.325 e. The van der Waals surface area contributed by atoms with E-state index in [4.69, 9.17) is 10.00 Å². The van der Waals surface area contributed by atoms with Crippen LogP contribution in [0.1, 0.15) is 30.5 Å². The Morgan fingerprint density at radius 3 is 2.35 bits per heavy atom. The zero-order valence-electron chi connectivity index (χ0n) is 14.7. The Morgan fingerprint density at radius 1 is 1.12 bits per heavy atom. The summed E-state index contributed by atoms with van der Waals surface area (Å²) in [5.74, 6) is 0.405. The van der Waals surface area contributed by atoms with Crippen LogP contribution >= 0.6 is 0 Å². The third-order valence-corrected chi connectivity index (χ3v) is 4.44. The van der Waals surface area contributed by atoms with Crippen molar-refractivity contribution in [3.63, 3.8) is 0 Å². The molecule has 0 aromatic heterocycles. The molecule has 1 atom stereocenters. The molecule has 1 N–H and O–H groups in total. The van der Waals surface area contributed by atoms with Gasteiger partial charge in [-0.2, -0.15) is 5.26 Å². The zero-order chi connectivity index (χ0) is 18.7. The Labute approximate surface area is 152 Å². The number of imide groups is 1. The second kappa shape index (κ2) is 6.89. The molecule has 0 radical (unpaired) electrons. The number of rotatable bonds is 5. The summed E-state index contributed by atoms with van der Waals surface area (Å²) >= 11 is 0. The highest BCUT2D eigenvalue weighted by atomic mass is 16.5. The summed E-state index contributed by atoms with van der Waals surface area (Å²) in [5, 5.41) is 11.6. The summed E-state index contributed by atoms with van der Waals surface area (Å²) in [4.78, 5) is 26.5. The van der Waals surface area contributed by atoms with Crippen LogP contribution in [0.3, 0.4) is 0 Å². The number of carbonyl (C=O) groups excluding carboxylic acids is 2. The summed E-state index contributed by atoms with van der Waals surface area (Å²) in [6.07, 6.45) is 0. The third-order valence-electron chi connectivity index (χ3n) is 4.44. The molecule has 26 heavy (non-hydrogen) atoms. The van der Waals surface area contributed by atoms with Crippen molar-refractivity contribution in [2.24, 2.45) is 0 Å². The molecule has 1 heterocycles. The molecule has 3 rings (SSSR count). The van der Waals surface area contributed by atoms with Gasteiger partial charge < -0.3 is 10.1 Å². The molecule has 1 saturated heterocycles. The van der Waals surface area contributed by atoms with Gasteiger partial charge in [-0.3, -0.25) is 9.69 Å². The van der Waals surface area contributed by atoms with E-state index in [2.05, 4.69) is 5.32 Å². The van der Waals surface area contributed by atoms with Gasteiger partial charge in [-0.05, 0) is 49.2 Å². The maximum atomic E-state index is 12.9. The molecule has 1 aliphatic heterocycles. The van der Waals surface area contributed by atoms with Crippen molar-refractivity contribution in [2.45, 2.75) is 25.9 Å². The molecule has 132 valence electrons. The highest BCUT2D eigenvalue weighted by Crippen LogP contribution is 2.31. The van der Waals surface area contributed by atoms with E-state index in [9.17, 15) is 9.59 Å². The number of hydrogen-bond donors (Lipinski definition) is 1. The van der Waals surface area contributed by atoms with Crippen LogP contribution in [0, 0.1) is 11.3 Å². The first-order valence-electron chi connectivity index (χ1n) is 8.34. The topological polar surface area (TPSA) is 82.4 Å². The Bertz CT molecular complexity index is 869. The summed E-state index contributed by atoms with van der Waals surface area (Å²) in [5.41, 5.74) is 0.893. The Hall–Kier alpha value is -3.33. The number of urea groups is 1. The fourth-order valence-corrected chi connectivity index (χ4v) is 2.95. The van der Waals surface area contributed by atoms with Crippen molar-refractivity contribution in [1.82, 2.24) is 10.2 Å². The lowest BCUT2D eigenvalue weighted by molar-refractivity contribution is -0.131. The van der Waals surface area contributed by atoms with Gasteiger partial charge in [0.25, 0.3) is 5.91 Å². The maximum absolute atomic E-state index is 12.9. The van der Waals surface area contributed by atoms with Crippen LogP contribution in [0.5, 0.6) is 5.75 Å². The number of amides is 3. The Morgan fingerprint density at radius 2 is 1.77 bits per heavy atom. The van der Waals surface area contributed by atoms with E-state index in [1.165, 1.54) is 4.90 Å². The van der Waals surface area contributed by atoms with Crippen LogP contribution in [-0.4, -0.2) is 23.4 Å². The molecule has 2 aromatic carbocycles. The molecule has 0 aliphatic carbocycles. The number of hydrogen-bond acceptors (Lipinski definition) is 4. The van der Waals surface area contributed by atoms with Crippen molar-refractivity contribution in [1.29, 1.82) is 5.26 Å². The highest BCUT2D eigenvalue weighted by Gasteiger charge is 2.48. The van der Waals surface area contributed by atoms with E-state index in [0.717, 1.165) is 5.56 Å². The van der Waals surface area contributed by atoms with Crippen molar-refractivity contribution in [2.75, 3.05) is 6.61 Å².